The van der Waals surface area contributed by atoms with Crippen molar-refractivity contribution in [3.05, 3.63) is 0 Å². The highest BCUT2D eigenvalue weighted by Gasteiger charge is 2.35. The lowest BCUT2D eigenvalue weighted by Crippen LogP contribution is -2.53. The lowest BCUT2D eigenvalue weighted by Gasteiger charge is -2.30. The summed E-state index contributed by atoms with van der Waals surface area (Å²) in [6.07, 6.45) is 4.29. The number of nitrogens with zero attached hydrogens (tertiary/aromatic N) is 2. The van der Waals surface area contributed by atoms with Crippen LogP contribution in [0.25, 0.3) is 0 Å². The first kappa shape index (κ1) is 15.6. The molecule has 21 heavy (non-hydrogen) atoms. The molecule has 2 atom stereocenters. The zero-order valence-corrected chi connectivity index (χ0v) is 12.4. The zero-order valence-electron chi connectivity index (χ0n) is 12.4. The highest BCUT2D eigenvalue weighted by molar-refractivity contribution is 5.88. The predicted octanol–water partition coefficient (Wildman–Crippen LogP) is 0.646. The van der Waals surface area contributed by atoms with Gasteiger partial charge in [-0.25, -0.2) is 9.59 Å². The van der Waals surface area contributed by atoms with Crippen LogP contribution < -0.4 is 5.32 Å². The first-order valence-corrected chi connectivity index (χ1v) is 7.59. The molecule has 0 aliphatic carbocycles. The fourth-order valence-corrected chi connectivity index (χ4v) is 2.98. The van der Waals surface area contributed by atoms with E-state index in [9.17, 15) is 14.4 Å². The van der Waals surface area contributed by atoms with Gasteiger partial charge in [-0.05, 0) is 39.0 Å². The van der Waals surface area contributed by atoms with Crippen LogP contribution in [0, 0.1) is 0 Å². The van der Waals surface area contributed by atoms with Crippen LogP contribution >= 0.6 is 0 Å². The number of nitrogens with one attached hydrogen (secondary N) is 1. The Kier molecular flexibility index (Phi) is 5.03. The topological polar surface area (TPSA) is 90.0 Å². The van der Waals surface area contributed by atoms with E-state index in [1.807, 2.05) is 0 Å². The summed E-state index contributed by atoms with van der Waals surface area (Å²) in [4.78, 5) is 38.5. The smallest absolute Gasteiger partial charge is 0.326 e. The molecule has 2 fully saturated rings. The summed E-state index contributed by atoms with van der Waals surface area (Å²) in [5.74, 6) is -1.08. The summed E-state index contributed by atoms with van der Waals surface area (Å²) >= 11 is 0. The Morgan fingerprint density at radius 2 is 1.76 bits per heavy atom. The number of aliphatic carboxylic acids is 1. The molecular formula is C14H23N3O4. The predicted molar refractivity (Wildman–Crippen MR) is 75.8 cm³/mol. The third kappa shape index (κ3) is 3.65. The highest BCUT2D eigenvalue weighted by atomic mass is 16.4. The van der Waals surface area contributed by atoms with E-state index in [-0.39, 0.29) is 5.91 Å². The molecule has 1 unspecified atom stereocenters. The van der Waals surface area contributed by atoms with Crippen molar-refractivity contribution < 1.29 is 19.5 Å². The molecule has 2 aliphatic heterocycles. The van der Waals surface area contributed by atoms with Crippen LogP contribution in [0.3, 0.4) is 0 Å². The van der Waals surface area contributed by atoms with Crippen LogP contribution in [0.5, 0.6) is 0 Å². The highest BCUT2D eigenvalue weighted by Crippen LogP contribution is 2.17. The van der Waals surface area contributed by atoms with Crippen LogP contribution in [-0.2, 0) is 9.59 Å². The molecule has 0 aromatic rings. The molecular weight excluding hydrogens is 274 g/mol. The van der Waals surface area contributed by atoms with Gasteiger partial charge in [0.1, 0.15) is 12.1 Å². The average molecular weight is 297 g/mol. The third-order valence-corrected chi connectivity index (χ3v) is 4.18. The van der Waals surface area contributed by atoms with Gasteiger partial charge in [-0.15, -0.1) is 0 Å². The largest absolute Gasteiger partial charge is 0.480 e. The van der Waals surface area contributed by atoms with Gasteiger partial charge in [0.25, 0.3) is 0 Å². The molecule has 118 valence electrons. The van der Waals surface area contributed by atoms with Gasteiger partial charge in [0.2, 0.25) is 5.91 Å². The van der Waals surface area contributed by atoms with Crippen molar-refractivity contribution in [2.75, 3.05) is 19.6 Å². The Bertz CT molecular complexity index is 420. The molecule has 7 nitrogen and oxygen atoms in total. The van der Waals surface area contributed by atoms with Gasteiger partial charge in [-0.2, -0.15) is 0 Å². The number of hydrogen-bond acceptors (Lipinski definition) is 3. The standard InChI is InChI=1S/C14H23N3O4/c1-10(12(18)16-7-3-2-4-8-16)15-14(21)17-9-5-6-11(17)13(19)20/h10-11H,2-9H2,1H3,(H,15,21)(H,19,20)/t10?,11-/m1/s1. The Labute approximate surface area is 124 Å². The Morgan fingerprint density at radius 3 is 2.38 bits per heavy atom. The van der Waals surface area contributed by atoms with E-state index >= 15 is 0 Å². The van der Waals surface area contributed by atoms with Gasteiger partial charge in [0.05, 0.1) is 0 Å². The first-order chi connectivity index (χ1) is 10.0. The summed E-state index contributed by atoms with van der Waals surface area (Å²) in [6, 6.07) is -1.86. The molecule has 0 aromatic heterocycles. The van der Waals surface area contributed by atoms with Crippen LogP contribution in [0.15, 0.2) is 0 Å². The number of likely N-dealkylation sites (tertiary alicyclic amines) is 2. The second-order valence-electron chi connectivity index (χ2n) is 5.75. The summed E-state index contributed by atoms with van der Waals surface area (Å²) < 4.78 is 0. The number of amides is 3. The third-order valence-electron chi connectivity index (χ3n) is 4.18. The van der Waals surface area contributed by atoms with Crippen molar-refractivity contribution in [2.45, 2.75) is 51.1 Å². The number of hydrogen-bond donors (Lipinski definition) is 2. The quantitative estimate of drug-likeness (QED) is 0.800. The van der Waals surface area contributed by atoms with Crippen LogP contribution in [-0.4, -0.2) is 64.5 Å². The van der Waals surface area contributed by atoms with E-state index in [1.165, 1.54) is 4.90 Å². The molecule has 0 aromatic carbocycles. The Morgan fingerprint density at radius 1 is 1.10 bits per heavy atom. The summed E-state index contributed by atoms with van der Waals surface area (Å²) in [7, 11) is 0. The molecule has 3 amide bonds. The van der Waals surface area contributed by atoms with Crippen molar-refractivity contribution in [3.63, 3.8) is 0 Å². The zero-order chi connectivity index (χ0) is 15.4. The first-order valence-electron chi connectivity index (χ1n) is 7.59. The van der Waals surface area contributed by atoms with Crippen LogP contribution in [0.1, 0.15) is 39.0 Å². The fraction of sp³-hybridized carbons (Fsp3) is 0.786. The van der Waals surface area contributed by atoms with Crippen LogP contribution in [0.2, 0.25) is 0 Å². The molecule has 0 bridgehead atoms. The van der Waals surface area contributed by atoms with Gasteiger partial charge in [-0.3, -0.25) is 4.79 Å². The van der Waals surface area contributed by atoms with Crippen molar-refractivity contribution in [2.24, 2.45) is 0 Å². The number of carbonyl (C=O) groups excluding carboxylic acids is 2. The second-order valence-corrected chi connectivity index (χ2v) is 5.75. The van der Waals surface area contributed by atoms with Crippen LogP contribution in [0.4, 0.5) is 4.79 Å². The number of rotatable bonds is 3. The number of piperidine rings is 1. The molecule has 2 rings (SSSR count). The van der Waals surface area contributed by atoms with Gasteiger partial charge < -0.3 is 20.2 Å². The SMILES string of the molecule is CC(NC(=O)N1CCC[C@@H]1C(=O)O)C(=O)N1CCCCC1. The number of urea groups is 1. The molecule has 2 heterocycles. The van der Waals surface area contributed by atoms with Crippen molar-refractivity contribution in [1.29, 1.82) is 0 Å². The molecule has 0 spiro atoms. The molecule has 2 N–H and O–H groups in total. The maximum Gasteiger partial charge on any atom is 0.326 e. The lowest BCUT2D eigenvalue weighted by atomic mass is 10.1. The van der Waals surface area contributed by atoms with Gasteiger partial charge in [0, 0.05) is 19.6 Å². The van der Waals surface area contributed by atoms with E-state index in [2.05, 4.69) is 5.32 Å². The van der Waals surface area contributed by atoms with E-state index < -0.39 is 24.1 Å². The number of carboxylic acid groups (broad SMARTS) is 1. The molecule has 7 heteroatoms. The lowest BCUT2D eigenvalue weighted by molar-refractivity contribution is -0.141. The average Bonchev–Trinajstić information content (AvgIpc) is 2.97. The fourth-order valence-electron chi connectivity index (χ4n) is 2.98. The molecule has 2 aliphatic rings. The number of carboxylic acids is 1. The Hall–Kier alpha value is -1.79. The van der Waals surface area contributed by atoms with E-state index in [1.54, 1.807) is 11.8 Å². The minimum Gasteiger partial charge on any atom is -0.480 e. The monoisotopic (exact) mass is 297 g/mol. The van der Waals surface area contributed by atoms with E-state index in [4.69, 9.17) is 5.11 Å². The maximum atomic E-state index is 12.2. The second kappa shape index (κ2) is 6.78. The van der Waals surface area contributed by atoms with E-state index in [0.717, 1.165) is 32.4 Å². The minimum atomic E-state index is -0.988. The van der Waals surface area contributed by atoms with E-state index in [0.29, 0.717) is 19.4 Å². The Balaban J connectivity index is 1.89. The molecule has 0 radical (unpaired) electrons. The van der Waals surface area contributed by atoms with Crippen molar-refractivity contribution in [3.8, 4) is 0 Å². The normalized spacial score (nSPS) is 23.8. The van der Waals surface area contributed by atoms with Gasteiger partial charge >= 0.3 is 12.0 Å². The van der Waals surface area contributed by atoms with Crippen molar-refractivity contribution in [1.82, 2.24) is 15.1 Å². The summed E-state index contributed by atoms with van der Waals surface area (Å²) in [6.45, 7) is 3.55. The van der Waals surface area contributed by atoms with Gasteiger partial charge in [-0.1, -0.05) is 0 Å². The molecule has 0 saturated carbocycles. The summed E-state index contributed by atoms with van der Waals surface area (Å²) in [5, 5.41) is 11.7. The van der Waals surface area contributed by atoms with Crippen molar-refractivity contribution >= 4 is 17.9 Å². The van der Waals surface area contributed by atoms with Gasteiger partial charge in [0.15, 0.2) is 0 Å². The molecule has 2 saturated heterocycles. The maximum absolute atomic E-state index is 12.2. The summed E-state index contributed by atoms with van der Waals surface area (Å²) in [5.41, 5.74) is 0. The number of carbonyl (C=O) groups is 3. The minimum absolute atomic E-state index is 0.0888.